The summed E-state index contributed by atoms with van der Waals surface area (Å²) in [5, 5.41) is 9.64. The average Bonchev–Trinajstić information content (AvgIpc) is 2.48. The standard InChI is InChI=1S/C20H30O2/c1-6-14(2)10-12-19(4)15(3)11-13-20(5)16(18(21)22)8-7-9-17(19)20/h6,8,10,15,17H,1,7,9,11-13H2,2-5H3,(H,21,22)/b14-10-/t15-,17-,19+,20-/m1/s1. The Kier molecular flexibility index (Phi) is 4.70. The first-order valence-corrected chi connectivity index (χ1v) is 8.49. The first kappa shape index (κ1) is 17.1. The minimum atomic E-state index is -0.720. The predicted molar refractivity (Wildman–Crippen MR) is 91.6 cm³/mol. The van der Waals surface area contributed by atoms with Gasteiger partial charge in [-0.3, -0.25) is 0 Å². The van der Waals surface area contributed by atoms with Crippen LogP contribution in [-0.4, -0.2) is 11.1 Å². The summed E-state index contributed by atoms with van der Waals surface area (Å²) in [5.74, 6) is 0.336. The molecule has 122 valence electrons. The highest BCUT2D eigenvalue weighted by Crippen LogP contribution is 2.61. The molecule has 0 heterocycles. The van der Waals surface area contributed by atoms with E-state index in [1.54, 1.807) is 0 Å². The van der Waals surface area contributed by atoms with E-state index >= 15 is 0 Å². The van der Waals surface area contributed by atoms with E-state index < -0.39 is 5.97 Å². The molecule has 22 heavy (non-hydrogen) atoms. The van der Waals surface area contributed by atoms with Crippen molar-refractivity contribution in [1.29, 1.82) is 0 Å². The van der Waals surface area contributed by atoms with E-state index in [1.165, 1.54) is 5.57 Å². The SMILES string of the molecule is C=C/C(C)=C\C[C@@]1(C)[C@H](C)CC[C@]2(C)C(C(=O)O)=CCC[C@H]12. The van der Waals surface area contributed by atoms with Crippen LogP contribution in [0.5, 0.6) is 0 Å². The van der Waals surface area contributed by atoms with Gasteiger partial charge in [0.25, 0.3) is 0 Å². The Bertz CT molecular complexity index is 528. The number of fused-ring (bicyclic) bond motifs is 1. The van der Waals surface area contributed by atoms with Gasteiger partial charge in [-0.15, -0.1) is 0 Å². The summed E-state index contributed by atoms with van der Waals surface area (Å²) >= 11 is 0. The molecule has 1 N–H and O–H groups in total. The number of rotatable bonds is 4. The Balaban J connectivity index is 2.40. The molecule has 1 fully saturated rings. The van der Waals surface area contributed by atoms with Crippen LogP contribution in [0.2, 0.25) is 0 Å². The van der Waals surface area contributed by atoms with Crippen molar-refractivity contribution in [2.75, 3.05) is 0 Å². The van der Waals surface area contributed by atoms with Crippen molar-refractivity contribution >= 4 is 5.97 Å². The van der Waals surface area contributed by atoms with Crippen LogP contribution in [0.4, 0.5) is 0 Å². The van der Waals surface area contributed by atoms with Gasteiger partial charge in [-0.1, -0.05) is 51.2 Å². The predicted octanol–water partition coefficient (Wildman–Crippen LogP) is 5.37. The molecule has 0 aromatic rings. The van der Waals surface area contributed by atoms with E-state index in [4.69, 9.17) is 0 Å². The molecule has 0 spiro atoms. The number of carbonyl (C=O) groups is 1. The van der Waals surface area contributed by atoms with Crippen molar-refractivity contribution in [3.63, 3.8) is 0 Å². The molecule has 2 aliphatic carbocycles. The van der Waals surface area contributed by atoms with Gasteiger partial charge < -0.3 is 5.11 Å². The van der Waals surface area contributed by atoms with Crippen LogP contribution in [0.1, 0.15) is 59.8 Å². The van der Waals surface area contributed by atoms with E-state index in [2.05, 4.69) is 40.3 Å². The Morgan fingerprint density at radius 1 is 1.45 bits per heavy atom. The maximum absolute atomic E-state index is 11.7. The topological polar surface area (TPSA) is 37.3 Å². The van der Waals surface area contributed by atoms with Gasteiger partial charge >= 0.3 is 5.97 Å². The summed E-state index contributed by atoms with van der Waals surface area (Å²) in [5.41, 5.74) is 1.85. The highest BCUT2D eigenvalue weighted by Gasteiger charge is 2.54. The minimum absolute atomic E-state index is 0.159. The lowest BCUT2D eigenvalue weighted by Gasteiger charge is -2.57. The molecule has 0 saturated heterocycles. The summed E-state index contributed by atoms with van der Waals surface area (Å²) in [7, 11) is 0. The van der Waals surface area contributed by atoms with Crippen molar-refractivity contribution in [1.82, 2.24) is 0 Å². The van der Waals surface area contributed by atoms with Gasteiger partial charge in [0.05, 0.1) is 0 Å². The van der Waals surface area contributed by atoms with E-state index in [0.29, 0.717) is 17.4 Å². The zero-order valence-electron chi connectivity index (χ0n) is 14.5. The molecule has 2 nitrogen and oxygen atoms in total. The van der Waals surface area contributed by atoms with E-state index in [1.807, 2.05) is 12.2 Å². The lowest BCUT2D eigenvalue weighted by Crippen LogP contribution is -2.50. The van der Waals surface area contributed by atoms with Gasteiger partial charge in [-0.2, -0.15) is 0 Å². The lowest BCUT2D eigenvalue weighted by molar-refractivity contribution is -0.136. The van der Waals surface area contributed by atoms with Gasteiger partial charge in [-0.25, -0.2) is 4.79 Å². The molecule has 2 rings (SSSR count). The van der Waals surface area contributed by atoms with E-state index in [9.17, 15) is 9.90 Å². The zero-order chi connectivity index (χ0) is 16.5. The summed E-state index contributed by atoms with van der Waals surface area (Å²) in [6.45, 7) is 12.8. The van der Waals surface area contributed by atoms with Crippen LogP contribution in [-0.2, 0) is 4.79 Å². The fraction of sp³-hybridized carbons (Fsp3) is 0.650. The fourth-order valence-corrected chi connectivity index (χ4v) is 4.83. The maximum atomic E-state index is 11.7. The minimum Gasteiger partial charge on any atom is -0.478 e. The number of carboxylic acids is 1. The second-order valence-corrected chi connectivity index (χ2v) is 7.77. The normalized spacial score (nSPS) is 38.9. The van der Waals surface area contributed by atoms with Crippen LogP contribution in [0, 0.1) is 22.7 Å². The van der Waals surface area contributed by atoms with Gasteiger partial charge in [0, 0.05) is 11.0 Å². The smallest absolute Gasteiger partial charge is 0.331 e. The van der Waals surface area contributed by atoms with Crippen molar-refractivity contribution in [3.8, 4) is 0 Å². The quantitative estimate of drug-likeness (QED) is 0.709. The van der Waals surface area contributed by atoms with Crippen LogP contribution in [0.3, 0.4) is 0 Å². The van der Waals surface area contributed by atoms with Crippen molar-refractivity contribution in [2.24, 2.45) is 22.7 Å². The Morgan fingerprint density at radius 3 is 2.73 bits per heavy atom. The monoisotopic (exact) mass is 302 g/mol. The molecular formula is C20H30O2. The molecule has 0 bridgehead atoms. The summed E-state index contributed by atoms with van der Waals surface area (Å²) < 4.78 is 0. The van der Waals surface area contributed by atoms with Crippen molar-refractivity contribution < 1.29 is 9.90 Å². The van der Waals surface area contributed by atoms with E-state index in [0.717, 1.165) is 32.1 Å². The molecule has 1 saturated carbocycles. The molecule has 0 aliphatic heterocycles. The molecule has 2 heteroatoms. The second kappa shape index (κ2) is 6.06. The van der Waals surface area contributed by atoms with Crippen LogP contribution < -0.4 is 0 Å². The summed E-state index contributed by atoms with van der Waals surface area (Å²) in [6.07, 6.45) is 11.3. The zero-order valence-corrected chi connectivity index (χ0v) is 14.5. The molecule has 0 radical (unpaired) electrons. The van der Waals surface area contributed by atoms with Crippen LogP contribution in [0.15, 0.2) is 36.0 Å². The molecule has 0 amide bonds. The molecule has 0 unspecified atom stereocenters. The van der Waals surface area contributed by atoms with Crippen LogP contribution in [0.25, 0.3) is 0 Å². The Labute approximate surface area is 135 Å². The molecule has 0 aromatic carbocycles. The average molecular weight is 302 g/mol. The van der Waals surface area contributed by atoms with Gasteiger partial charge in [0.1, 0.15) is 0 Å². The molecule has 4 atom stereocenters. The molecule has 0 aromatic heterocycles. The third-order valence-electron chi connectivity index (χ3n) is 6.62. The number of aliphatic carboxylic acids is 1. The second-order valence-electron chi connectivity index (χ2n) is 7.77. The fourth-order valence-electron chi connectivity index (χ4n) is 4.83. The summed E-state index contributed by atoms with van der Waals surface area (Å²) in [4.78, 5) is 11.7. The highest BCUT2D eigenvalue weighted by molar-refractivity contribution is 5.88. The van der Waals surface area contributed by atoms with Crippen molar-refractivity contribution in [3.05, 3.63) is 36.0 Å². The first-order valence-electron chi connectivity index (χ1n) is 8.49. The summed E-state index contributed by atoms with van der Waals surface area (Å²) in [6, 6.07) is 0. The number of hydrogen-bond donors (Lipinski definition) is 1. The van der Waals surface area contributed by atoms with Gasteiger partial charge in [0.2, 0.25) is 0 Å². The maximum Gasteiger partial charge on any atom is 0.331 e. The molecule has 2 aliphatic rings. The number of allylic oxidation sites excluding steroid dienone is 4. The lowest BCUT2D eigenvalue weighted by atomic mass is 9.47. The number of hydrogen-bond acceptors (Lipinski definition) is 1. The van der Waals surface area contributed by atoms with Crippen LogP contribution >= 0.6 is 0 Å². The molecular weight excluding hydrogens is 272 g/mol. The third kappa shape index (κ3) is 2.68. The third-order valence-corrected chi connectivity index (χ3v) is 6.62. The van der Waals surface area contributed by atoms with Gasteiger partial charge in [0.15, 0.2) is 0 Å². The van der Waals surface area contributed by atoms with E-state index in [-0.39, 0.29) is 10.8 Å². The van der Waals surface area contributed by atoms with Crippen molar-refractivity contribution in [2.45, 2.75) is 59.8 Å². The largest absolute Gasteiger partial charge is 0.478 e. The van der Waals surface area contributed by atoms with Gasteiger partial charge in [-0.05, 0) is 56.3 Å². The Morgan fingerprint density at radius 2 is 2.14 bits per heavy atom. The first-order chi connectivity index (χ1) is 10.3. The number of carboxylic acid groups (broad SMARTS) is 1. The highest BCUT2D eigenvalue weighted by atomic mass is 16.4. The Hall–Kier alpha value is -1.31.